The second kappa shape index (κ2) is 7.77. The highest BCUT2D eigenvalue weighted by molar-refractivity contribution is 7.80. The van der Waals surface area contributed by atoms with Gasteiger partial charge in [0.05, 0.1) is 12.1 Å². The molecule has 5 heteroatoms. The first-order valence-corrected chi connectivity index (χ1v) is 9.76. The number of fused-ring (bicyclic) bond motifs is 1. The monoisotopic (exact) mass is 384 g/mol. The summed E-state index contributed by atoms with van der Waals surface area (Å²) in [5.74, 6) is 1.75. The third-order valence-corrected chi connectivity index (χ3v) is 4.61. The zero-order valence-electron chi connectivity index (χ0n) is 16.6. The number of hydrogen-bond acceptors (Lipinski definition) is 3. The smallest absolute Gasteiger partial charge is 0.171 e. The van der Waals surface area contributed by atoms with Crippen molar-refractivity contribution in [1.29, 1.82) is 0 Å². The van der Waals surface area contributed by atoms with E-state index >= 15 is 0 Å². The fraction of sp³-hybridized carbons (Fsp3) is 0.409. The second-order valence-electron chi connectivity index (χ2n) is 7.95. The maximum Gasteiger partial charge on any atom is 0.171 e. The molecule has 27 heavy (non-hydrogen) atoms. The predicted octanol–water partition coefficient (Wildman–Crippen LogP) is 5.37. The third kappa shape index (κ3) is 5.13. The maximum atomic E-state index is 6.14. The predicted molar refractivity (Wildman–Crippen MR) is 115 cm³/mol. The van der Waals surface area contributed by atoms with Gasteiger partial charge in [0, 0.05) is 23.7 Å². The number of aryl methyl sites for hydroxylation is 1. The topological polar surface area (TPSA) is 42.5 Å². The Morgan fingerprint density at radius 3 is 2.74 bits per heavy atom. The molecule has 2 N–H and O–H groups in total. The van der Waals surface area contributed by atoms with Gasteiger partial charge in [0.15, 0.2) is 5.11 Å². The van der Waals surface area contributed by atoms with Crippen LogP contribution in [-0.4, -0.2) is 16.8 Å². The molecule has 0 saturated carbocycles. The minimum absolute atomic E-state index is 0.0961. The second-order valence-corrected chi connectivity index (χ2v) is 8.36. The van der Waals surface area contributed by atoms with Crippen molar-refractivity contribution in [2.45, 2.75) is 58.8 Å². The van der Waals surface area contributed by atoms with Gasteiger partial charge in [-0.2, -0.15) is 0 Å². The molecule has 0 saturated heterocycles. The first kappa shape index (κ1) is 19.5. The van der Waals surface area contributed by atoms with Gasteiger partial charge < -0.3 is 20.1 Å². The standard InChI is InChI=1S/C22H28N2O2S/c1-14(2)25-17-8-6-7-16(12-17)23-21(27)24-19-13-22(4,5)26-20-10-9-15(3)11-18(19)20/h6-12,14,19H,13H2,1-5H3,(H2,23,24,27)/t19-/m0/s1. The minimum atomic E-state index is -0.249. The molecule has 0 unspecified atom stereocenters. The Morgan fingerprint density at radius 2 is 2.00 bits per heavy atom. The zero-order chi connectivity index (χ0) is 19.6. The van der Waals surface area contributed by atoms with Crippen molar-refractivity contribution in [3.05, 3.63) is 53.6 Å². The molecule has 0 bridgehead atoms. The number of benzene rings is 2. The lowest BCUT2D eigenvalue weighted by Crippen LogP contribution is -2.42. The minimum Gasteiger partial charge on any atom is -0.491 e. The summed E-state index contributed by atoms with van der Waals surface area (Å²) in [5, 5.41) is 7.33. The van der Waals surface area contributed by atoms with Crippen molar-refractivity contribution in [2.24, 2.45) is 0 Å². The van der Waals surface area contributed by atoms with Crippen molar-refractivity contribution < 1.29 is 9.47 Å². The van der Waals surface area contributed by atoms with Crippen molar-refractivity contribution >= 4 is 23.0 Å². The SMILES string of the molecule is Cc1ccc2c(c1)[C@@H](NC(=S)Nc1cccc(OC(C)C)c1)CC(C)(C)O2. The summed E-state index contributed by atoms with van der Waals surface area (Å²) < 4.78 is 11.9. The maximum absolute atomic E-state index is 6.14. The van der Waals surface area contributed by atoms with Gasteiger partial charge in [0.25, 0.3) is 0 Å². The van der Waals surface area contributed by atoms with Crippen LogP contribution in [0.25, 0.3) is 0 Å². The Labute approximate surface area is 167 Å². The molecular weight excluding hydrogens is 356 g/mol. The number of thiocarbonyl (C=S) groups is 1. The van der Waals surface area contributed by atoms with Gasteiger partial charge in [0.1, 0.15) is 17.1 Å². The average molecular weight is 385 g/mol. The summed E-state index contributed by atoms with van der Waals surface area (Å²) in [6.07, 6.45) is 0.969. The molecule has 0 amide bonds. The molecule has 0 fully saturated rings. The van der Waals surface area contributed by atoms with Crippen LogP contribution in [0, 0.1) is 6.92 Å². The highest BCUT2D eigenvalue weighted by Crippen LogP contribution is 2.39. The molecule has 2 aromatic rings. The Morgan fingerprint density at radius 1 is 1.22 bits per heavy atom. The Kier molecular flexibility index (Phi) is 5.61. The van der Waals surface area contributed by atoms with Crippen molar-refractivity contribution in [2.75, 3.05) is 5.32 Å². The summed E-state index contributed by atoms with van der Waals surface area (Å²) in [4.78, 5) is 0. The number of hydrogen-bond donors (Lipinski definition) is 2. The van der Waals surface area contributed by atoms with Gasteiger partial charge in [-0.25, -0.2) is 0 Å². The highest BCUT2D eigenvalue weighted by Gasteiger charge is 2.34. The van der Waals surface area contributed by atoms with E-state index in [2.05, 4.69) is 43.5 Å². The Balaban J connectivity index is 1.73. The molecule has 0 aromatic heterocycles. The molecule has 0 spiro atoms. The summed E-state index contributed by atoms with van der Waals surface area (Å²) in [5.41, 5.74) is 3.01. The van der Waals surface area contributed by atoms with E-state index in [9.17, 15) is 0 Å². The van der Waals surface area contributed by atoms with Crippen LogP contribution in [0.1, 0.15) is 51.3 Å². The van der Waals surface area contributed by atoms with Gasteiger partial charge in [-0.3, -0.25) is 0 Å². The van der Waals surface area contributed by atoms with Crippen LogP contribution in [0.2, 0.25) is 0 Å². The molecule has 144 valence electrons. The normalized spacial score (nSPS) is 17.6. The third-order valence-electron chi connectivity index (χ3n) is 4.39. The Hall–Kier alpha value is -2.27. The van der Waals surface area contributed by atoms with E-state index in [1.54, 1.807) is 0 Å². The van der Waals surface area contributed by atoms with Gasteiger partial charge in [-0.15, -0.1) is 0 Å². The van der Waals surface area contributed by atoms with E-state index in [-0.39, 0.29) is 17.7 Å². The summed E-state index contributed by atoms with van der Waals surface area (Å²) in [6.45, 7) is 10.3. The zero-order valence-corrected chi connectivity index (χ0v) is 17.4. The van der Waals surface area contributed by atoms with E-state index < -0.39 is 0 Å². The van der Waals surface area contributed by atoms with Gasteiger partial charge >= 0.3 is 0 Å². The summed E-state index contributed by atoms with van der Waals surface area (Å²) in [6, 6.07) is 14.2. The summed E-state index contributed by atoms with van der Waals surface area (Å²) >= 11 is 5.58. The van der Waals surface area contributed by atoms with E-state index in [1.165, 1.54) is 5.56 Å². The lowest BCUT2D eigenvalue weighted by molar-refractivity contribution is 0.0696. The number of rotatable bonds is 4. The first-order valence-electron chi connectivity index (χ1n) is 9.36. The number of ether oxygens (including phenoxy) is 2. The molecule has 0 aliphatic carbocycles. The molecule has 1 aliphatic rings. The lowest BCUT2D eigenvalue weighted by Gasteiger charge is -2.38. The summed E-state index contributed by atoms with van der Waals surface area (Å²) in [7, 11) is 0. The van der Waals surface area contributed by atoms with E-state index in [0.29, 0.717) is 5.11 Å². The van der Waals surface area contributed by atoms with Crippen molar-refractivity contribution in [1.82, 2.24) is 5.32 Å². The van der Waals surface area contributed by atoms with Crippen LogP contribution in [-0.2, 0) is 0 Å². The molecule has 0 radical (unpaired) electrons. The largest absolute Gasteiger partial charge is 0.491 e. The number of anilines is 1. The van der Waals surface area contributed by atoms with Crippen LogP contribution in [0.5, 0.6) is 11.5 Å². The van der Waals surface area contributed by atoms with Crippen molar-refractivity contribution in [3.63, 3.8) is 0 Å². The Bertz CT molecular complexity index is 833. The van der Waals surface area contributed by atoms with Crippen LogP contribution < -0.4 is 20.1 Å². The fourth-order valence-electron chi connectivity index (χ4n) is 3.35. The van der Waals surface area contributed by atoms with Crippen LogP contribution in [0.3, 0.4) is 0 Å². The van der Waals surface area contributed by atoms with Crippen LogP contribution in [0.15, 0.2) is 42.5 Å². The van der Waals surface area contributed by atoms with E-state index in [1.807, 2.05) is 44.2 Å². The van der Waals surface area contributed by atoms with Crippen molar-refractivity contribution in [3.8, 4) is 11.5 Å². The molecule has 3 rings (SSSR count). The fourth-order valence-corrected chi connectivity index (χ4v) is 3.61. The molecule has 2 aromatic carbocycles. The van der Waals surface area contributed by atoms with E-state index in [4.69, 9.17) is 21.7 Å². The molecule has 1 heterocycles. The number of nitrogens with one attached hydrogen (secondary N) is 2. The van der Waals surface area contributed by atoms with Crippen LogP contribution >= 0.6 is 12.2 Å². The van der Waals surface area contributed by atoms with Gasteiger partial charge in [-0.1, -0.05) is 23.8 Å². The lowest BCUT2D eigenvalue weighted by atomic mass is 9.89. The molecule has 1 aliphatic heterocycles. The van der Waals surface area contributed by atoms with E-state index in [0.717, 1.165) is 29.2 Å². The molecule has 1 atom stereocenters. The van der Waals surface area contributed by atoms with Crippen LogP contribution in [0.4, 0.5) is 5.69 Å². The van der Waals surface area contributed by atoms with Gasteiger partial charge in [-0.05, 0) is 65.0 Å². The quantitative estimate of drug-likeness (QED) is 0.694. The van der Waals surface area contributed by atoms with Gasteiger partial charge in [0.2, 0.25) is 0 Å². The molecule has 4 nitrogen and oxygen atoms in total. The average Bonchev–Trinajstić information content (AvgIpc) is 2.54. The molecular formula is C22H28N2O2S. The first-order chi connectivity index (χ1) is 12.7. The highest BCUT2D eigenvalue weighted by atomic mass is 32.1.